The average molecular weight is 379 g/mol. The Morgan fingerprint density at radius 1 is 1.35 bits per heavy atom. The Hall–Kier alpha value is -1.20. The Labute approximate surface area is 159 Å². The summed E-state index contributed by atoms with van der Waals surface area (Å²) >= 11 is 0. The Morgan fingerprint density at radius 3 is 2.54 bits per heavy atom. The number of hydrogen-bond donors (Lipinski definition) is 0. The van der Waals surface area contributed by atoms with Crippen LogP contribution in [0.5, 0.6) is 0 Å². The van der Waals surface area contributed by atoms with Gasteiger partial charge in [0.1, 0.15) is 0 Å². The standard InChI is InChI=1S/C21H34O4Si/c1-20(2,3)25-17-11-15(18(22)12-17)13-21(26(5,6)7)14-16(21)9-8-10-19(23)24-4/h8,10-11,16-17H,9,12-14H2,1-7H3. The lowest BCUT2D eigenvalue weighted by molar-refractivity contribution is -0.134. The van der Waals surface area contributed by atoms with Gasteiger partial charge in [-0.15, -0.1) is 0 Å². The summed E-state index contributed by atoms with van der Waals surface area (Å²) in [6.45, 7) is 13.2. The van der Waals surface area contributed by atoms with Crippen molar-refractivity contribution in [2.45, 2.75) is 82.8 Å². The van der Waals surface area contributed by atoms with E-state index in [1.165, 1.54) is 13.2 Å². The van der Waals surface area contributed by atoms with Crippen LogP contribution >= 0.6 is 0 Å². The van der Waals surface area contributed by atoms with Gasteiger partial charge in [0.15, 0.2) is 5.78 Å². The molecule has 0 amide bonds. The number of esters is 1. The van der Waals surface area contributed by atoms with E-state index in [1.54, 1.807) is 0 Å². The summed E-state index contributed by atoms with van der Waals surface area (Å²) in [5.74, 6) is 0.485. The molecule has 0 saturated heterocycles. The van der Waals surface area contributed by atoms with Crippen molar-refractivity contribution in [3.05, 3.63) is 23.8 Å². The van der Waals surface area contributed by atoms with Crippen molar-refractivity contribution in [3.8, 4) is 0 Å². The molecule has 0 aromatic heterocycles. The summed E-state index contributed by atoms with van der Waals surface area (Å²) in [6, 6.07) is 0. The van der Waals surface area contributed by atoms with Crippen molar-refractivity contribution in [2.24, 2.45) is 5.92 Å². The van der Waals surface area contributed by atoms with Crippen LogP contribution in [0.25, 0.3) is 0 Å². The third-order valence-electron chi connectivity index (χ3n) is 5.74. The van der Waals surface area contributed by atoms with Gasteiger partial charge in [-0.25, -0.2) is 4.79 Å². The molecule has 0 aromatic rings. The molecule has 0 N–H and O–H groups in total. The van der Waals surface area contributed by atoms with Crippen LogP contribution in [0.2, 0.25) is 24.7 Å². The molecule has 0 spiro atoms. The minimum absolute atomic E-state index is 0.0902. The van der Waals surface area contributed by atoms with Crippen molar-refractivity contribution in [3.63, 3.8) is 0 Å². The fraction of sp³-hybridized carbons (Fsp3) is 0.714. The number of Topliss-reactive ketones (excluding diaryl/α,β-unsaturated/α-hetero) is 1. The van der Waals surface area contributed by atoms with Crippen LogP contribution < -0.4 is 0 Å². The number of carbonyl (C=O) groups excluding carboxylic acids is 2. The number of hydrogen-bond acceptors (Lipinski definition) is 4. The first-order valence-corrected chi connectivity index (χ1v) is 13.0. The van der Waals surface area contributed by atoms with Crippen molar-refractivity contribution in [2.75, 3.05) is 7.11 Å². The van der Waals surface area contributed by atoms with Crippen LogP contribution in [0.4, 0.5) is 0 Å². The fourth-order valence-electron chi connectivity index (χ4n) is 4.20. The van der Waals surface area contributed by atoms with E-state index >= 15 is 0 Å². The van der Waals surface area contributed by atoms with E-state index in [1.807, 2.05) is 26.8 Å². The third kappa shape index (κ3) is 4.95. The second-order valence-electron chi connectivity index (χ2n) is 9.73. The first-order chi connectivity index (χ1) is 11.9. The van der Waals surface area contributed by atoms with Crippen molar-refractivity contribution < 1.29 is 19.1 Å². The van der Waals surface area contributed by atoms with Gasteiger partial charge < -0.3 is 9.47 Å². The molecule has 146 valence electrons. The van der Waals surface area contributed by atoms with E-state index in [2.05, 4.69) is 30.5 Å². The highest BCUT2D eigenvalue weighted by atomic mass is 28.3. The minimum Gasteiger partial charge on any atom is -0.466 e. The molecule has 1 saturated carbocycles. The predicted molar refractivity (Wildman–Crippen MR) is 107 cm³/mol. The normalized spacial score (nSPS) is 29.2. The summed E-state index contributed by atoms with van der Waals surface area (Å²) in [5, 5.41) is 0.242. The molecule has 0 aromatic carbocycles. The van der Waals surface area contributed by atoms with E-state index in [0.717, 1.165) is 24.8 Å². The number of ketones is 1. The van der Waals surface area contributed by atoms with Crippen LogP contribution in [0.3, 0.4) is 0 Å². The van der Waals surface area contributed by atoms with Gasteiger partial charge in [0.05, 0.1) is 26.9 Å². The van der Waals surface area contributed by atoms with Crippen LogP contribution in [0, 0.1) is 5.92 Å². The maximum absolute atomic E-state index is 12.5. The number of methoxy groups -OCH3 is 1. The topological polar surface area (TPSA) is 52.6 Å². The van der Waals surface area contributed by atoms with E-state index in [0.29, 0.717) is 12.3 Å². The van der Waals surface area contributed by atoms with Gasteiger partial charge in [0.25, 0.3) is 0 Å². The minimum atomic E-state index is -1.47. The molecule has 2 aliphatic rings. The Bertz CT molecular complexity index is 621. The molecule has 3 atom stereocenters. The zero-order chi connectivity index (χ0) is 19.8. The van der Waals surface area contributed by atoms with E-state index in [9.17, 15) is 9.59 Å². The SMILES string of the molecule is COC(=O)C=CCC1CC1(CC1=CC(OC(C)(C)C)CC1=O)[Si](C)(C)C. The highest BCUT2D eigenvalue weighted by Gasteiger charge is 2.61. The zero-order valence-electron chi connectivity index (χ0n) is 17.3. The lowest BCUT2D eigenvalue weighted by atomic mass is 10.0. The van der Waals surface area contributed by atoms with Gasteiger partial charge >= 0.3 is 5.97 Å². The molecule has 3 unspecified atom stereocenters. The van der Waals surface area contributed by atoms with Gasteiger partial charge in [0, 0.05) is 12.5 Å². The predicted octanol–water partition coefficient (Wildman–Crippen LogP) is 4.68. The maximum atomic E-state index is 12.5. The first kappa shape index (κ1) is 21.1. The molecule has 0 heterocycles. The van der Waals surface area contributed by atoms with Crippen LogP contribution in [-0.4, -0.2) is 38.6 Å². The van der Waals surface area contributed by atoms with Gasteiger partial charge in [0.2, 0.25) is 0 Å². The summed E-state index contributed by atoms with van der Waals surface area (Å²) in [7, 11) is -0.0789. The van der Waals surface area contributed by atoms with Gasteiger partial charge in [-0.05, 0) is 62.6 Å². The lowest BCUT2D eigenvalue weighted by Crippen LogP contribution is -2.32. The molecule has 2 rings (SSSR count). The van der Waals surface area contributed by atoms with Crippen LogP contribution in [0.15, 0.2) is 23.8 Å². The summed E-state index contributed by atoms with van der Waals surface area (Å²) in [6.07, 6.45) is 8.77. The average Bonchev–Trinajstić information content (AvgIpc) is 3.08. The van der Waals surface area contributed by atoms with Gasteiger partial charge in [-0.1, -0.05) is 25.7 Å². The molecule has 2 aliphatic carbocycles. The Morgan fingerprint density at radius 2 is 2.00 bits per heavy atom. The monoisotopic (exact) mass is 378 g/mol. The molecule has 26 heavy (non-hydrogen) atoms. The van der Waals surface area contributed by atoms with E-state index in [4.69, 9.17) is 4.74 Å². The van der Waals surface area contributed by atoms with Crippen molar-refractivity contribution >= 4 is 19.8 Å². The highest BCUT2D eigenvalue weighted by molar-refractivity contribution is 6.80. The summed E-state index contributed by atoms with van der Waals surface area (Å²) < 4.78 is 10.7. The Kier molecular flexibility index (Phi) is 6.03. The van der Waals surface area contributed by atoms with Gasteiger partial charge in [-0.3, -0.25) is 4.79 Å². The quantitative estimate of drug-likeness (QED) is 0.367. The second kappa shape index (κ2) is 7.43. The molecule has 0 radical (unpaired) electrons. The molecular weight excluding hydrogens is 344 g/mol. The molecule has 1 fully saturated rings. The molecule has 0 aliphatic heterocycles. The number of rotatable bonds is 7. The largest absolute Gasteiger partial charge is 0.466 e. The molecule has 4 nitrogen and oxygen atoms in total. The number of allylic oxidation sites excluding steroid dienone is 2. The van der Waals surface area contributed by atoms with E-state index in [-0.39, 0.29) is 28.5 Å². The van der Waals surface area contributed by atoms with Crippen LogP contribution in [-0.2, 0) is 19.1 Å². The number of ether oxygens (including phenoxy) is 2. The molecule has 0 bridgehead atoms. The molecule has 5 heteroatoms. The van der Waals surface area contributed by atoms with Crippen LogP contribution in [0.1, 0.15) is 46.5 Å². The van der Waals surface area contributed by atoms with Crippen molar-refractivity contribution in [1.82, 2.24) is 0 Å². The third-order valence-corrected chi connectivity index (χ3v) is 9.52. The summed E-state index contributed by atoms with van der Waals surface area (Å²) in [5.41, 5.74) is 0.717. The first-order valence-electron chi connectivity index (χ1n) is 9.54. The van der Waals surface area contributed by atoms with E-state index < -0.39 is 8.07 Å². The fourth-order valence-corrected chi connectivity index (χ4v) is 7.13. The second-order valence-corrected chi connectivity index (χ2v) is 15.2. The smallest absolute Gasteiger partial charge is 0.330 e. The maximum Gasteiger partial charge on any atom is 0.330 e. The van der Waals surface area contributed by atoms with Crippen molar-refractivity contribution in [1.29, 1.82) is 0 Å². The summed E-state index contributed by atoms with van der Waals surface area (Å²) in [4.78, 5) is 23.8. The van der Waals surface area contributed by atoms with Gasteiger partial charge in [-0.2, -0.15) is 0 Å². The lowest BCUT2D eigenvalue weighted by Gasteiger charge is -2.31. The Balaban J connectivity index is 2.08. The molecular formula is C21H34O4Si. The zero-order valence-corrected chi connectivity index (χ0v) is 18.3. The number of carbonyl (C=O) groups is 2. The highest BCUT2D eigenvalue weighted by Crippen LogP contribution is 2.70.